The van der Waals surface area contributed by atoms with E-state index in [2.05, 4.69) is 19.2 Å². The van der Waals surface area contributed by atoms with E-state index >= 15 is 0 Å². The third-order valence-corrected chi connectivity index (χ3v) is 5.59. The van der Waals surface area contributed by atoms with Crippen molar-refractivity contribution in [2.24, 2.45) is 29.4 Å². The molecule has 0 heterocycles. The van der Waals surface area contributed by atoms with E-state index < -0.39 is 0 Å². The quantitative estimate of drug-likeness (QED) is 0.831. The molecule has 0 radical (unpaired) electrons. The van der Waals surface area contributed by atoms with Crippen LogP contribution in [0, 0.1) is 23.7 Å². The highest BCUT2D eigenvalue weighted by molar-refractivity contribution is 5.78. The first kappa shape index (κ1) is 15.8. The SMILES string of the molecule is CC1CCC(CCNC(=O)C2CCC(N)C(C)C2)CC1. The van der Waals surface area contributed by atoms with Gasteiger partial charge in [0.05, 0.1) is 0 Å². The van der Waals surface area contributed by atoms with Crippen LogP contribution in [0.25, 0.3) is 0 Å². The van der Waals surface area contributed by atoms with E-state index in [1.807, 2.05) is 0 Å². The fourth-order valence-electron chi connectivity index (χ4n) is 3.82. The maximum atomic E-state index is 12.2. The molecule has 0 spiro atoms. The van der Waals surface area contributed by atoms with Crippen molar-refractivity contribution in [1.29, 1.82) is 0 Å². The summed E-state index contributed by atoms with van der Waals surface area (Å²) >= 11 is 0. The Hall–Kier alpha value is -0.570. The highest BCUT2D eigenvalue weighted by Crippen LogP contribution is 2.30. The van der Waals surface area contributed by atoms with Crippen LogP contribution in [0.5, 0.6) is 0 Å². The molecular formula is C17H32N2O. The van der Waals surface area contributed by atoms with E-state index in [-0.39, 0.29) is 11.8 Å². The van der Waals surface area contributed by atoms with Gasteiger partial charge in [0.25, 0.3) is 0 Å². The molecule has 0 saturated heterocycles. The fourth-order valence-corrected chi connectivity index (χ4v) is 3.82. The number of hydrogen-bond acceptors (Lipinski definition) is 2. The average Bonchev–Trinajstić information content (AvgIpc) is 2.44. The van der Waals surface area contributed by atoms with Gasteiger partial charge in [-0.1, -0.05) is 39.5 Å². The fraction of sp³-hybridized carbons (Fsp3) is 0.941. The molecule has 2 aliphatic carbocycles. The number of carbonyl (C=O) groups is 1. The largest absolute Gasteiger partial charge is 0.356 e. The zero-order valence-electron chi connectivity index (χ0n) is 13.2. The normalized spacial score (nSPS) is 38.5. The standard InChI is InChI=1S/C17H32N2O/c1-12-3-5-14(6-4-12)9-10-19-17(20)15-7-8-16(18)13(2)11-15/h12-16H,3-11,18H2,1-2H3,(H,19,20). The number of carbonyl (C=O) groups excluding carboxylic acids is 1. The van der Waals surface area contributed by atoms with Crippen LogP contribution in [0.4, 0.5) is 0 Å². The van der Waals surface area contributed by atoms with Gasteiger partial charge in [-0.25, -0.2) is 0 Å². The minimum Gasteiger partial charge on any atom is -0.356 e. The van der Waals surface area contributed by atoms with Crippen molar-refractivity contribution in [3.05, 3.63) is 0 Å². The Balaban J connectivity index is 1.63. The minimum absolute atomic E-state index is 0.205. The number of nitrogens with one attached hydrogen (secondary N) is 1. The lowest BCUT2D eigenvalue weighted by Crippen LogP contribution is -2.41. The van der Waals surface area contributed by atoms with Gasteiger partial charge in [0.15, 0.2) is 0 Å². The van der Waals surface area contributed by atoms with E-state index in [4.69, 9.17) is 5.73 Å². The van der Waals surface area contributed by atoms with Crippen molar-refractivity contribution in [2.75, 3.05) is 6.54 Å². The summed E-state index contributed by atoms with van der Waals surface area (Å²) in [5.74, 6) is 2.71. The molecule has 1 amide bonds. The van der Waals surface area contributed by atoms with E-state index in [0.29, 0.717) is 12.0 Å². The molecule has 20 heavy (non-hydrogen) atoms. The van der Waals surface area contributed by atoms with Crippen molar-refractivity contribution < 1.29 is 4.79 Å². The highest BCUT2D eigenvalue weighted by atomic mass is 16.1. The zero-order chi connectivity index (χ0) is 14.5. The second-order valence-electron chi connectivity index (χ2n) is 7.36. The molecule has 3 heteroatoms. The van der Waals surface area contributed by atoms with Crippen molar-refractivity contribution in [3.8, 4) is 0 Å². The highest BCUT2D eigenvalue weighted by Gasteiger charge is 2.29. The average molecular weight is 280 g/mol. The Kier molecular flexibility index (Phi) is 5.88. The first-order chi connectivity index (χ1) is 9.56. The summed E-state index contributed by atoms with van der Waals surface area (Å²) in [7, 11) is 0. The first-order valence-corrected chi connectivity index (χ1v) is 8.59. The van der Waals surface area contributed by atoms with Crippen LogP contribution in [0.15, 0.2) is 0 Å². The lowest BCUT2D eigenvalue weighted by atomic mass is 9.79. The molecule has 3 N–H and O–H groups in total. The molecule has 2 aliphatic rings. The lowest BCUT2D eigenvalue weighted by molar-refractivity contribution is -0.126. The molecular weight excluding hydrogens is 248 g/mol. The van der Waals surface area contributed by atoms with Crippen LogP contribution in [0.3, 0.4) is 0 Å². The number of rotatable bonds is 4. The number of hydrogen-bond donors (Lipinski definition) is 2. The second kappa shape index (κ2) is 7.44. The van der Waals surface area contributed by atoms with Crippen molar-refractivity contribution in [2.45, 2.75) is 71.3 Å². The molecule has 3 atom stereocenters. The summed E-state index contributed by atoms with van der Waals surface area (Å²) in [6, 6.07) is 0.295. The molecule has 0 aromatic carbocycles. The molecule has 2 fully saturated rings. The molecule has 0 bridgehead atoms. The molecule has 2 rings (SSSR count). The van der Waals surface area contributed by atoms with Gasteiger partial charge in [-0.15, -0.1) is 0 Å². The number of amides is 1. The van der Waals surface area contributed by atoms with E-state index in [1.54, 1.807) is 0 Å². The van der Waals surface area contributed by atoms with Crippen LogP contribution in [0.2, 0.25) is 0 Å². The maximum absolute atomic E-state index is 12.2. The molecule has 3 nitrogen and oxygen atoms in total. The van der Waals surface area contributed by atoms with E-state index in [9.17, 15) is 4.79 Å². The molecule has 0 aromatic rings. The lowest BCUT2D eigenvalue weighted by Gasteiger charge is -2.31. The Morgan fingerprint density at radius 2 is 1.80 bits per heavy atom. The molecule has 116 valence electrons. The predicted molar refractivity (Wildman–Crippen MR) is 83.2 cm³/mol. The Morgan fingerprint density at radius 1 is 1.10 bits per heavy atom. The van der Waals surface area contributed by atoms with E-state index in [0.717, 1.165) is 37.6 Å². The van der Waals surface area contributed by atoms with Crippen LogP contribution < -0.4 is 11.1 Å². The summed E-state index contributed by atoms with van der Waals surface area (Å²) in [5.41, 5.74) is 6.02. The summed E-state index contributed by atoms with van der Waals surface area (Å²) in [6.07, 6.45) is 9.55. The zero-order valence-corrected chi connectivity index (χ0v) is 13.2. The third kappa shape index (κ3) is 4.47. The van der Waals surface area contributed by atoms with Crippen LogP contribution in [0.1, 0.15) is 65.2 Å². The summed E-state index contributed by atoms with van der Waals surface area (Å²) < 4.78 is 0. The predicted octanol–water partition coefficient (Wildman–Crippen LogP) is 3.08. The van der Waals surface area contributed by atoms with Gasteiger partial charge in [-0.3, -0.25) is 4.79 Å². The van der Waals surface area contributed by atoms with Crippen molar-refractivity contribution in [1.82, 2.24) is 5.32 Å². The molecule has 0 aliphatic heterocycles. The monoisotopic (exact) mass is 280 g/mol. The number of nitrogens with two attached hydrogens (primary N) is 1. The van der Waals surface area contributed by atoms with Crippen molar-refractivity contribution >= 4 is 5.91 Å². The van der Waals surface area contributed by atoms with Gasteiger partial charge in [0, 0.05) is 18.5 Å². The maximum Gasteiger partial charge on any atom is 0.223 e. The Morgan fingerprint density at radius 3 is 2.45 bits per heavy atom. The molecule has 2 saturated carbocycles. The topological polar surface area (TPSA) is 55.1 Å². The smallest absolute Gasteiger partial charge is 0.223 e. The van der Waals surface area contributed by atoms with Crippen LogP contribution in [-0.2, 0) is 4.79 Å². The summed E-state index contributed by atoms with van der Waals surface area (Å²) in [4.78, 5) is 12.2. The Bertz CT molecular complexity index is 310. The molecule has 3 unspecified atom stereocenters. The van der Waals surface area contributed by atoms with Crippen molar-refractivity contribution in [3.63, 3.8) is 0 Å². The van der Waals surface area contributed by atoms with Crippen LogP contribution in [-0.4, -0.2) is 18.5 Å². The summed E-state index contributed by atoms with van der Waals surface area (Å²) in [6.45, 7) is 5.40. The van der Waals surface area contributed by atoms with Gasteiger partial charge in [0.2, 0.25) is 5.91 Å². The van der Waals surface area contributed by atoms with Gasteiger partial charge in [0.1, 0.15) is 0 Å². The van der Waals surface area contributed by atoms with Gasteiger partial charge >= 0.3 is 0 Å². The third-order valence-electron chi connectivity index (χ3n) is 5.59. The van der Waals surface area contributed by atoms with Gasteiger partial charge < -0.3 is 11.1 Å². The van der Waals surface area contributed by atoms with Gasteiger partial charge in [-0.2, -0.15) is 0 Å². The van der Waals surface area contributed by atoms with Crippen LogP contribution >= 0.6 is 0 Å². The Labute approximate surface area is 124 Å². The summed E-state index contributed by atoms with van der Waals surface area (Å²) in [5, 5.41) is 3.17. The molecule has 0 aromatic heterocycles. The first-order valence-electron chi connectivity index (χ1n) is 8.59. The van der Waals surface area contributed by atoms with Gasteiger partial charge in [-0.05, 0) is 43.4 Å². The van der Waals surface area contributed by atoms with E-state index in [1.165, 1.54) is 32.1 Å². The second-order valence-corrected chi connectivity index (χ2v) is 7.36. The minimum atomic E-state index is 0.205.